The van der Waals surface area contributed by atoms with E-state index in [2.05, 4.69) is 25.4 Å². The predicted molar refractivity (Wildman–Crippen MR) is 138 cm³/mol. The highest BCUT2D eigenvalue weighted by Crippen LogP contribution is 2.36. The summed E-state index contributed by atoms with van der Waals surface area (Å²) in [7, 11) is 3.99. The van der Waals surface area contributed by atoms with Crippen molar-refractivity contribution in [3.8, 4) is 22.3 Å². The Morgan fingerprint density at radius 3 is 2.53 bits per heavy atom. The molecule has 1 saturated heterocycles. The van der Waals surface area contributed by atoms with Gasteiger partial charge in [-0.2, -0.15) is 4.39 Å². The second kappa shape index (κ2) is 9.83. The second-order valence-corrected chi connectivity index (χ2v) is 9.57. The van der Waals surface area contributed by atoms with Gasteiger partial charge in [0.25, 0.3) is 5.91 Å². The number of carbonyl (C=O) groups excluding carboxylic acids is 1. The molecule has 0 unspecified atom stereocenters. The van der Waals surface area contributed by atoms with E-state index in [0.717, 1.165) is 43.0 Å². The summed E-state index contributed by atoms with van der Waals surface area (Å²) < 4.78 is 30.3. The maximum atomic E-state index is 15.1. The number of hydrogen-bond donors (Lipinski definition) is 3. The molecule has 36 heavy (non-hydrogen) atoms. The van der Waals surface area contributed by atoms with Crippen LogP contribution in [0, 0.1) is 11.8 Å². The van der Waals surface area contributed by atoms with Gasteiger partial charge in [0.1, 0.15) is 11.6 Å². The summed E-state index contributed by atoms with van der Waals surface area (Å²) >= 11 is 0. The van der Waals surface area contributed by atoms with Crippen LogP contribution in [-0.2, 0) is 13.0 Å². The van der Waals surface area contributed by atoms with Crippen LogP contribution in [0.2, 0.25) is 0 Å². The Kier molecular flexibility index (Phi) is 6.59. The number of carbonyl (C=O) groups is 1. The van der Waals surface area contributed by atoms with Crippen molar-refractivity contribution in [3.63, 3.8) is 0 Å². The van der Waals surface area contributed by atoms with E-state index >= 15 is 8.78 Å². The fourth-order valence-corrected chi connectivity index (χ4v) is 5.01. The first-order chi connectivity index (χ1) is 17.3. The lowest BCUT2D eigenvalue weighted by Crippen LogP contribution is -2.44. The van der Waals surface area contributed by atoms with Gasteiger partial charge in [-0.05, 0) is 67.5 Å². The number of nitrogen functional groups attached to an aromatic ring is 1. The molecule has 2 aliphatic rings. The fourth-order valence-electron chi connectivity index (χ4n) is 5.01. The Labute approximate surface area is 209 Å². The van der Waals surface area contributed by atoms with Crippen LogP contribution >= 0.6 is 0 Å². The monoisotopic (exact) mass is 492 g/mol. The number of anilines is 2. The summed E-state index contributed by atoms with van der Waals surface area (Å²) in [6, 6.07) is 10.3. The number of nitrogens with two attached hydrogens (primary N) is 1. The van der Waals surface area contributed by atoms with Gasteiger partial charge in [-0.3, -0.25) is 4.79 Å². The highest BCUT2D eigenvalue weighted by atomic mass is 19.1. The number of nitrogens with one attached hydrogen (secondary N) is 2. The number of benzene rings is 2. The Bertz CT molecular complexity index is 1320. The Morgan fingerprint density at radius 2 is 1.78 bits per heavy atom. The van der Waals surface area contributed by atoms with E-state index in [9.17, 15) is 4.79 Å². The largest absolute Gasteiger partial charge is 0.383 e. The highest BCUT2D eigenvalue weighted by Gasteiger charge is 2.23. The maximum Gasteiger partial charge on any atom is 0.251 e. The van der Waals surface area contributed by atoms with Crippen molar-refractivity contribution >= 4 is 17.4 Å². The van der Waals surface area contributed by atoms with E-state index in [0.29, 0.717) is 36.2 Å². The van der Waals surface area contributed by atoms with Gasteiger partial charge < -0.3 is 26.2 Å². The molecular weight excluding hydrogens is 462 g/mol. The Balaban J connectivity index is 1.59. The molecule has 0 radical (unpaired) electrons. The third-order valence-corrected chi connectivity index (χ3v) is 6.75. The first-order valence-corrected chi connectivity index (χ1v) is 12.1. The number of halogens is 2. The van der Waals surface area contributed by atoms with Crippen LogP contribution < -0.4 is 21.3 Å². The smallest absolute Gasteiger partial charge is 0.251 e. The number of piperazine rings is 1. The topological polar surface area (TPSA) is 86.5 Å². The molecule has 188 valence electrons. The van der Waals surface area contributed by atoms with E-state index in [1.54, 1.807) is 12.1 Å². The zero-order chi connectivity index (χ0) is 25.4. The van der Waals surface area contributed by atoms with Crippen LogP contribution in [-0.4, -0.2) is 62.6 Å². The Hall–Kier alpha value is -3.56. The van der Waals surface area contributed by atoms with Crippen LogP contribution in [0.4, 0.5) is 20.3 Å². The third-order valence-electron chi connectivity index (χ3n) is 6.75. The summed E-state index contributed by atoms with van der Waals surface area (Å²) in [5, 5.41) is 6.09. The SMILES string of the molecule is CN(C)Cc1cc(-c2cc(-c3cc4c(cc3F)C(=O)NCC4)c(N)nc2F)ccc1N1CCNCC1. The van der Waals surface area contributed by atoms with Crippen molar-refractivity contribution in [2.75, 3.05) is 57.5 Å². The number of nitrogens with zero attached hydrogens (tertiary/aromatic N) is 3. The van der Waals surface area contributed by atoms with Gasteiger partial charge in [-0.1, -0.05) is 6.07 Å². The minimum absolute atomic E-state index is 0.0960. The van der Waals surface area contributed by atoms with E-state index in [-0.39, 0.29) is 22.9 Å². The van der Waals surface area contributed by atoms with Crippen molar-refractivity contribution in [1.29, 1.82) is 0 Å². The summed E-state index contributed by atoms with van der Waals surface area (Å²) in [6.07, 6.45) is 0.580. The predicted octanol–water partition coefficient (Wildman–Crippen LogP) is 3.03. The highest BCUT2D eigenvalue weighted by molar-refractivity contribution is 5.97. The van der Waals surface area contributed by atoms with Gasteiger partial charge in [0.15, 0.2) is 0 Å². The third kappa shape index (κ3) is 4.64. The summed E-state index contributed by atoms with van der Waals surface area (Å²) in [6.45, 7) is 4.79. The van der Waals surface area contributed by atoms with Gasteiger partial charge in [0.2, 0.25) is 5.95 Å². The zero-order valence-corrected chi connectivity index (χ0v) is 20.5. The summed E-state index contributed by atoms with van der Waals surface area (Å²) in [5.41, 5.74) is 10.7. The normalized spacial score (nSPS) is 15.7. The quantitative estimate of drug-likeness (QED) is 0.475. The van der Waals surface area contributed by atoms with Gasteiger partial charge in [0.05, 0.1) is 0 Å². The molecule has 5 rings (SSSR count). The van der Waals surface area contributed by atoms with E-state index < -0.39 is 11.8 Å². The van der Waals surface area contributed by atoms with E-state index in [1.165, 1.54) is 6.07 Å². The molecule has 1 fully saturated rings. The number of hydrogen-bond acceptors (Lipinski definition) is 6. The summed E-state index contributed by atoms with van der Waals surface area (Å²) in [4.78, 5) is 20.5. The van der Waals surface area contributed by atoms with Crippen LogP contribution in [0.3, 0.4) is 0 Å². The van der Waals surface area contributed by atoms with Crippen LogP contribution in [0.5, 0.6) is 0 Å². The fraction of sp³-hybridized carbons (Fsp3) is 0.333. The number of fused-ring (bicyclic) bond motifs is 1. The van der Waals surface area contributed by atoms with Gasteiger partial charge in [-0.15, -0.1) is 0 Å². The molecule has 0 atom stereocenters. The van der Waals surface area contributed by atoms with Crippen molar-refractivity contribution in [2.45, 2.75) is 13.0 Å². The van der Waals surface area contributed by atoms with Crippen molar-refractivity contribution < 1.29 is 13.6 Å². The lowest BCUT2D eigenvalue weighted by molar-refractivity contribution is 0.0945. The first kappa shape index (κ1) is 24.1. The van der Waals surface area contributed by atoms with Crippen LogP contribution in [0.15, 0.2) is 36.4 Å². The van der Waals surface area contributed by atoms with Gasteiger partial charge in [-0.25, -0.2) is 9.37 Å². The number of amides is 1. The van der Waals surface area contributed by atoms with Crippen LogP contribution in [0.1, 0.15) is 21.5 Å². The molecule has 7 nitrogen and oxygen atoms in total. The minimum Gasteiger partial charge on any atom is -0.383 e. The number of aromatic nitrogens is 1. The number of pyridine rings is 1. The summed E-state index contributed by atoms with van der Waals surface area (Å²) in [5.74, 6) is -1.70. The lowest BCUT2D eigenvalue weighted by Gasteiger charge is -2.32. The minimum atomic E-state index is -0.709. The van der Waals surface area contributed by atoms with Crippen molar-refractivity contribution in [2.24, 2.45) is 0 Å². The molecule has 2 aromatic carbocycles. The molecule has 2 aliphatic heterocycles. The molecule has 3 heterocycles. The second-order valence-electron chi connectivity index (χ2n) is 9.57. The van der Waals surface area contributed by atoms with E-state index in [1.807, 2.05) is 32.3 Å². The Morgan fingerprint density at radius 1 is 1.00 bits per heavy atom. The van der Waals surface area contributed by atoms with E-state index in [4.69, 9.17) is 5.73 Å². The number of rotatable bonds is 5. The molecule has 0 saturated carbocycles. The molecule has 0 spiro atoms. The average Bonchev–Trinajstić information content (AvgIpc) is 2.85. The lowest BCUT2D eigenvalue weighted by atomic mass is 9.93. The molecule has 0 aliphatic carbocycles. The van der Waals surface area contributed by atoms with Crippen molar-refractivity contribution in [3.05, 3.63) is 64.9 Å². The molecule has 0 bridgehead atoms. The molecule has 3 aromatic rings. The van der Waals surface area contributed by atoms with Crippen molar-refractivity contribution in [1.82, 2.24) is 20.5 Å². The van der Waals surface area contributed by atoms with Crippen LogP contribution in [0.25, 0.3) is 22.3 Å². The standard InChI is InChI=1S/C27H30F2N6O/c1-34(2)15-18-11-16(3-4-24(18)35-9-7-31-8-10-35)19-13-22(26(30)33-25(19)29)21-12-17-5-6-32-27(36)20(17)14-23(21)28/h3-4,11-14,31H,5-10,15H2,1-2H3,(H2,30,33)(H,32,36). The van der Waals surface area contributed by atoms with Gasteiger partial charge >= 0.3 is 0 Å². The molecule has 9 heteroatoms. The maximum absolute atomic E-state index is 15.1. The average molecular weight is 493 g/mol. The molecular formula is C27H30F2N6O. The first-order valence-electron chi connectivity index (χ1n) is 12.1. The molecule has 1 amide bonds. The molecule has 1 aromatic heterocycles. The van der Waals surface area contributed by atoms with Gasteiger partial charge in [0, 0.05) is 67.2 Å². The molecule has 4 N–H and O–H groups in total. The zero-order valence-electron chi connectivity index (χ0n) is 20.5.